The molecular weight excluding hydrogens is 449 g/mol. The highest BCUT2D eigenvalue weighted by atomic mass is 79.9. The summed E-state index contributed by atoms with van der Waals surface area (Å²) in [6.45, 7) is 0. The molecule has 0 unspecified atom stereocenters. The Balaban J connectivity index is 1.61. The van der Waals surface area contributed by atoms with E-state index in [9.17, 15) is 9.18 Å². The van der Waals surface area contributed by atoms with Gasteiger partial charge in [0.2, 0.25) is 0 Å². The van der Waals surface area contributed by atoms with Crippen LogP contribution in [0.4, 0.5) is 10.1 Å². The summed E-state index contributed by atoms with van der Waals surface area (Å²) in [7, 11) is 0. The van der Waals surface area contributed by atoms with Gasteiger partial charge in [-0.1, -0.05) is 58.1 Å². The number of halogens is 2. The quantitative estimate of drug-likeness (QED) is 0.342. The lowest BCUT2D eigenvalue weighted by atomic mass is 10.2. The first-order chi connectivity index (χ1) is 13.0. The van der Waals surface area contributed by atoms with E-state index >= 15 is 0 Å². The molecule has 2 aromatic carbocycles. The normalized spacial score (nSPS) is 15.8. The maximum Gasteiger partial charge on any atom is 0.270 e. The summed E-state index contributed by atoms with van der Waals surface area (Å²) in [5.41, 5.74) is 1.35. The monoisotopic (exact) mass is 459 g/mol. The van der Waals surface area contributed by atoms with Gasteiger partial charge in [-0.15, -0.1) is 0 Å². The standard InChI is InChI=1S/C20H11BrFNO2S2/c21-13-6-4-12(5-7-13)17-9-8-16(25-17)11-18-19(24)23(20(26)27-18)15-3-1-2-14(22)10-15/h1-11H/b18-11+. The Morgan fingerprint density at radius 3 is 2.63 bits per heavy atom. The van der Waals surface area contributed by atoms with E-state index in [1.807, 2.05) is 30.3 Å². The molecule has 0 N–H and O–H groups in total. The zero-order valence-corrected chi connectivity index (χ0v) is 16.9. The third-order valence-electron chi connectivity index (χ3n) is 3.89. The van der Waals surface area contributed by atoms with Gasteiger partial charge in [0.05, 0.1) is 10.6 Å². The van der Waals surface area contributed by atoms with Gasteiger partial charge in [0.1, 0.15) is 17.3 Å². The summed E-state index contributed by atoms with van der Waals surface area (Å²) in [6.07, 6.45) is 1.65. The van der Waals surface area contributed by atoms with Crippen molar-refractivity contribution in [3.05, 3.63) is 81.6 Å². The van der Waals surface area contributed by atoms with E-state index in [0.29, 0.717) is 26.4 Å². The lowest BCUT2D eigenvalue weighted by Crippen LogP contribution is -2.27. The van der Waals surface area contributed by atoms with Crippen LogP contribution in [0.5, 0.6) is 0 Å². The van der Waals surface area contributed by atoms with Crippen LogP contribution in [-0.4, -0.2) is 10.2 Å². The number of hydrogen-bond donors (Lipinski definition) is 0. The third-order valence-corrected chi connectivity index (χ3v) is 5.72. The molecule has 1 amide bonds. The summed E-state index contributed by atoms with van der Waals surface area (Å²) in [5, 5.41) is 0. The molecular formula is C20H11BrFNO2S2. The van der Waals surface area contributed by atoms with Crippen molar-refractivity contribution in [3.8, 4) is 11.3 Å². The van der Waals surface area contributed by atoms with Gasteiger partial charge in [0.25, 0.3) is 5.91 Å². The summed E-state index contributed by atoms with van der Waals surface area (Å²) in [6, 6.07) is 17.2. The fraction of sp³-hybridized carbons (Fsp3) is 0. The van der Waals surface area contributed by atoms with Crippen LogP contribution >= 0.6 is 39.9 Å². The Labute approximate surface area is 173 Å². The van der Waals surface area contributed by atoms with Gasteiger partial charge in [-0.05, 0) is 42.5 Å². The zero-order valence-electron chi connectivity index (χ0n) is 13.7. The van der Waals surface area contributed by atoms with Crippen molar-refractivity contribution in [1.82, 2.24) is 0 Å². The number of hydrogen-bond acceptors (Lipinski definition) is 4. The van der Waals surface area contributed by atoms with Crippen molar-refractivity contribution in [2.75, 3.05) is 4.90 Å². The van der Waals surface area contributed by atoms with E-state index in [1.54, 1.807) is 24.3 Å². The average molecular weight is 460 g/mol. The molecule has 1 aliphatic heterocycles. The second kappa shape index (κ2) is 7.42. The van der Waals surface area contributed by atoms with Crippen LogP contribution in [0.25, 0.3) is 17.4 Å². The topological polar surface area (TPSA) is 33.5 Å². The SMILES string of the molecule is O=C1/C(=C\c2ccc(-c3ccc(Br)cc3)o2)SC(=S)N1c1cccc(F)c1. The number of nitrogens with zero attached hydrogens (tertiary/aromatic N) is 1. The highest BCUT2D eigenvalue weighted by Gasteiger charge is 2.33. The van der Waals surface area contributed by atoms with Gasteiger partial charge in [-0.25, -0.2) is 4.39 Å². The van der Waals surface area contributed by atoms with Crippen LogP contribution in [0.1, 0.15) is 5.76 Å². The molecule has 0 radical (unpaired) electrons. The Kier molecular flexibility index (Phi) is 4.99. The van der Waals surface area contributed by atoms with Crippen LogP contribution < -0.4 is 4.90 Å². The van der Waals surface area contributed by atoms with Crippen LogP contribution in [0.15, 0.2) is 74.5 Å². The van der Waals surface area contributed by atoms with Crippen LogP contribution in [0.3, 0.4) is 0 Å². The minimum absolute atomic E-state index is 0.294. The van der Waals surface area contributed by atoms with Gasteiger partial charge in [-0.3, -0.25) is 9.69 Å². The number of amides is 1. The van der Waals surface area contributed by atoms with Gasteiger partial charge in [0, 0.05) is 16.1 Å². The molecule has 27 heavy (non-hydrogen) atoms. The zero-order chi connectivity index (χ0) is 19.0. The Morgan fingerprint density at radius 1 is 1.11 bits per heavy atom. The van der Waals surface area contributed by atoms with Crippen molar-refractivity contribution in [2.45, 2.75) is 0 Å². The lowest BCUT2D eigenvalue weighted by molar-refractivity contribution is -0.113. The second-order valence-corrected chi connectivity index (χ2v) is 8.30. The van der Waals surface area contributed by atoms with Crippen molar-refractivity contribution in [2.24, 2.45) is 0 Å². The molecule has 0 spiro atoms. The number of furan rings is 1. The largest absolute Gasteiger partial charge is 0.457 e. The summed E-state index contributed by atoms with van der Waals surface area (Å²) >= 11 is 9.87. The number of rotatable bonds is 3. The van der Waals surface area contributed by atoms with E-state index in [4.69, 9.17) is 16.6 Å². The van der Waals surface area contributed by atoms with E-state index in [-0.39, 0.29) is 5.91 Å². The first kappa shape index (κ1) is 18.2. The van der Waals surface area contributed by atoms with Gasteiger partial charge in [0.15, 0.2) is 4.32 Å². The first-order valence-electron chi connectivity index (χ1n) is 7.90. The van der Waals surface area contributed by atoms with Crippen molar-refractivity contribution < 1.29 is 13.6 Å². The number of anilines is 1. The van der Waals surface area contributed by atoms with Crippen LogP contribution in [0.2, 0.25) is 0 Å². The van der Waals surface area contributed by atoms with E-state index < -0.39 is 5.82 Å². The Bertz CT molecular complexity index is 1080. The second-order valence-electron chi connectivity index (χ2n) is 5.71. The minimum Gasteiger partial charge on any atom is -0.457 e. The molecule has 4 rings (SSSR count). The molecule has 7 heteroatoms. The number of benzene rings is 2. The van der Waals surface area contributed by atoms with E-state index in [2.05, 4.69) is 15.9 Å². The fourth-order valence-electron chi connectivity index (χ4n) is 2.63. The smallest absolute Gasteiger partial charge is 0.270 e. The minimum atomic E-state index is -0.421. The fourth-order valence-corrected chi connectivity index (χ4v) is 4.18. The number of carbonyl (C=O) groups excluding carboxylic acids is 1. The highest BCUT2D eigenvalue weighted by molar-refractivity contribution is 9.10. The molecule has 3 nitrogen and oxygen atoms in total. The maximum atomic E-state index is 13.5. The average Bonchev–Trinajstić information content (AvgIpc) is 3.21. The lowest BCUT2D eigenvalue weighted by Gasteiger charge is -2.14. The van der Waals surface area contributed by atoms with Crippen molar-refractivity contribution in [1.29, 1.82) is 0 Å². The molecule has 2 heterocycles. The molecule has 3 aromatic rings. The number of carbonyl (C=O) groups is 1. The molecule has 134 valence electrons. The van der Waals surface area contributed by atoms with E-state index in [0.717, 1.165) is 21.8 Å². The van der Waals surface area contributed by atoms with Crippen molar-refractivity contribution >= 4 is 61.9 Å². The molecule has 1 fully saturated rings. The molecule has 1 aromatic heterocycles. The van der Waals surface area contributed by atoms with Crippen molar-refractivity contribution in [3.63, 3.8) is 0 Å². The first-order valence-corrected chi connectivity index (χ1v) is 9.92. The molecule has 1 aliphatic rings. The van der Waals surface area contributed by atoms with Gasteiger partial charge in [-0.2, -0.15) is 0 Å². The van der Waals surface area contributed by atoms with Gasteiger partial charge < -0.3 is 4.42 Å². The summed E-state index contributed by atoms with van der Waals surface area (Å²) in [5.74, 6) is 0.537. The van der Waals surface area contributed by atoms with E-state index in [1.165, 1.54) is 17.0 Å². The highest BCUT2D eigenvalue weighted by Crippen LogP contribution is 2.36. The maximum absolute atomic E-state index is 13.5. The molecule has 0 saturated carbocycles. The molecule has 1 saturated heterocycles. The molecule has 0 atom stereocenters. The van der Waals surface area contributed by atoms with Crippen LogP contribution in [-0.2, 0) is 4.79 Å². The third kappa shape index (κ3) is 3.76. The molecule has 0 aliphatic carbocycles. The van der Waals surface area contributed by atoms with Gasteiger partial charge >= 0.3 is 0 Å². The molecule has 0 bridgehead atoms. The predicted molar refractivity (Wildman–Crippen MR) is 114 cm³/mol. The number of thioether (sulfide) groups is 1. The Hall–Kier alpha value is -2.22. The van der Waals surface area contributed by atoms with Crippen LogP contribution in [0, 0.1) is 5.82 Å². The number of thiocarbonyl (C=S) groups is 1. The Morgan fingerprint density at radius 2 is 1.89 bits per heavy atom. The summed E-state index contributed by atoms with van der Waals surface area (Å²) in [4.78, 5) is 14.5. The summed E-state index contributed by atoms with van der Waals surface area (Å²) < 4.78 is 20.7. The predicted octanol–water partition coefficient (Wildman–Crippen LogP) is 6.25.